The molecule has 5 nitrogen and oxygen atoms in total. The molecule has 0 bridgehead atoms. The van der Waals surface area contributed by atoms with E-state index in [0.29, 0.717) is 6.42 Å². The molecule has 2 rings (SSSR count). The van der Waals surface area contributed by atoms with E-state index in [2.05, 4.69) is 31.4 Å². The number of fused-ring (bicyclic) bond motifs is 1. The molecule has 4 atom stereocenters. The van der Waals surface area contributed by atoms with Crippen LogP contribution in [0.25, 0.3) is 0 Å². The second kappa shape index (κ2) is 6.16. The Morgan fingerprint density at radius 3 is 2.76 bits per heavy atom. The summed E-state index contributed by atoms with van der Waals surface area (Å²) in [6.45, 7) is 8.36. The number of rotatable bonds is 3. The van der Waals surface area contributed by atoms with Crippen molar-refractivity contribution in [3.8, 4) is 0 Å². The Kier molecular flexibility index (Phi) is 4.88. The fraction of sp³-hybridized carbons (Fsp3) is 0.867. The van der Waals surface area contributed by atoms with Crippen molar-refractivity contribution >= 4 is 23.6 Å². The zero-order valence-electron chi connectivity index (χ0n) is 13.6. The molecule has 2 saturated heterocycles. The number of nitrogens with zero attached hydrogens (tertiary/aromatic N) is 1. The minimum Gasteiger partial charge on any atom is -0.343 e. The molecule has 0 saturated carbocycles. The fourth-order valence-corrected chi connectivity index (χ4v) is 4.64. The first kappa shape index (κ1) is 16.6. The number of thioether (sulfide) groups is 1. The van der Waals surface area contributed by atoms with Crippen LogP contribution in [0.1, 0.15) is 40.5 Å². The van der Waals surface area contributed by atoms with Gasteiger partial charge in [0.05, 0.1) is 11.4 Å². The summed E-state index contributed by atoms with van der Waals surface area (Å²) in [4.78, 5) is 26.9. The predicted octanol–water partition coefficient (Wildman–Crippen LogP) is 1.19. The van der Waals surface area contributed by atoms with Crippen molar-refractivity contribution in [3.05, 3.63) is 0 Å². The lowest BCUT2D eigenvalue weighted by Gasteiger charge is -2.32. The first-order chi connectivity index (χ1) is 9.77. The number of likely N-dealkylation sites (N-methyl/N-ethyl adjacent to an activating group) is 1. The van der Waals surface area contributed by atoms with Crippen LogP contribution in [0.15, 0.2) is 0 Å². The molecule has 0 aromatic heterocycles. The van der Waals surface area contributed by atoms with Crippen LogP contribution in [-0.4, -0.2) is 53.0 Å². The molecule has 0 aliphatic carbocycles. The third kappa shape index (κ3) is 3.21. The van der Waals surface area contributed by atoms with Crippen molar-refractivity contribution in [1.29, 1.82) is 0 Å². The minimum atomic E-state index is -0.387. The van der Waals surface area contributed by atoms with Gasteiger partial charge >= 0.3 is 0 Å². The molecule has 2 fully saturated rings. The van der Waals surface area contributed by atoms with Gasteiger partial charge in [0.25, 0.3) is 0 Å². The van der Waals surface area contributed by atoms with Crippen LogP contribution in [0.3, 0.4) is 0 Å². The molecular weight excluding hydrogens is 286 g/mol. The summed E-state index contributed by atoms with van der Waals surface area (Å²) in [5.74, 6) is 0.888. The van der Waals surface area contributed by atoms with Gasteiger partial charge in [-0.15, -0.1) is 11.8 Å². The molecule has 2 aliphatic heterocycles. The standard InChI is InChI=1S/C15H27N3O2S/c1-9(16-5)13(19)17-11-6-7-21-12-8-15(3,4)10(2)18(12)14(11)20/h9-12,16H,6-8H2,1-5H3,(H,17,19)/t9-,10+,11+,12-/m0/s1. The Bertz CT molecular complexity index is 427. The highest BCUT2D eigenvalue weighted by atomic mass is 32.2. The molecule has 0 aromatic rings. The number of nitrogens with one attached hydrogen (secondary N) is 2. The van der Waals surface area contributed by atoms with E-state index in [0.717, 1.165) is 12.2 Å². The first-order valence-electron chi connectivity index (χ1n) is 7.69. The maximum Gasteiger partial charge on any atom is 0.246 e. The maximum absolute atomic E-state index is 12.8. The van der Waals surface area contributed by atoms with Crippen LogP contribution in [0, 0.1) is 5.41 Å². The van der Waals surface area contributed by atoms with Crippen molar-refractivity contribution in [2.45, 2.75) is 64.0 Å². The van der Waals surface area contributed by atoms with Gasteiger partial charge in [-0.05, 0) is 44.9 Å². The molecule has 120 valence electrons. The van der Waals surface area contributed by atoms with E-state index < -0.39 is 0 Å². The van der Waals surface area contributed by atoms with Gasteiger partial charge in [-0.3, -0.25) is 9.59 Å². The lowest BCUT2D eigenvalue weighted by molar-refractivity contribution is -0.138. The highest BCUT2D eigenvalue weighted by molar-refractivity contribution is 7.99. The van der Waals surface area contributed by atoms with Gasteiger partial charge in [0.2, 0.25) is 11.8 Å². The Morgan fingerprint density at radius 2 is 2.14 bits per heavy atom. The number of amides is 2. The molecule has 0 aromatic carbocycles. The molecule has 21 heavy (non-hydrogen) atoms. The van der Waals surface area contributed by atoms with Gasteiger partial charge in [0, 0.05) is 6.04 Å². The van der Waals surface area contributed by atoms with E-state index >= 15 is 0 Å². The highest BCUT2D eigenvalue weighted by Gasteiger charge is 2.49. The third-order valence-electron chi connectivity index (χ3n) is 4.97. The summed E-state index contributed by atoms with van der Waals surface area (Å²) in [6, 6.07) is -0.458. The number of carbonyl (C=O) groups is 2. The Morgan fingerprint density at radius 1 is 1.48 bits per heavy atom. The minimum absolute atomic E-state index is 0.0831. The predicted molar refractivity (Wildman–Crippen MR) is 86.0 cm³/mol. The molecule has 0 spiro atoms. The molecular formula is C15H27N3O2S. The number of hydrogen-bond donors (Lipinski definition) is 2. The molecule has 0 unspecified atom stereocenters. The summed E-state index contributed by atoms with van der Waals surface area (Å²) in [7, 11) is 1.75. The quantitative estimate of drug-likeness (QED) is 0.822. The average molecular weight is 313 g/mol. The van der Waals surface area contributed by atoms with Gasteiger partial charge in [0.15, 0.2) is 0 Å². The van der Waals surface area contributed by atoms with E-state index in [-0.39, 0.29) is 40.7 Å². The normalized spacial score (nSPS) is 33.3. The SMILES string of the molecule is CN[C@@H](C)C(=O)N[C@@H]1CCS[C@H]2CC(C)(C)[C@@H](C)N2C1=O. The van der Waals surface area contributed by atoms with Crippen LogP contribution in [0.4, 0.5) is 0 Å². The summed E-state index contributed by atoms with van der Waals surface area (Å²) in [5.41, 5.74) is 0.136. The van der Waals surface area contributed by atoms with Crippen LogP contribution in [0.2, 0.25) is 0 Å². The Labute approximate surface area is 131 Å². The van der Waals surface area contributed by atoms with Crippen LogP contribution < -0.4 is 10.6 Å². The van der Waals surface area contributed by atoms with Gasteiger partial charge in [-0.25, -0.2) is 0 Å². The number of hydrogen-bond acceptors (Lipinski definition) is 4. The van der Waals surface area contributed by atoms with E-state index in [1.54, 1.807) is 14.0 Å². The largest absolute Gasteiger partial charge is 0.343 e. The zero-order valence-corrected chi connectivity index (χ0v) is 14.4. The first-order valence-corrected chi connectivity index (χ1v) is 8.74. The summed E-state index contributed by atoms with van der Waals surface area (Å²) in [5, 5.41) is 6.08. The van der Waals surface area contributed by atoms with Gasteiger partial charge in [0.1, 0.15) is 6.04 Å². The summed E-state index contributed by atoms with van der Waals surface area (Å²) in [6.07, 6.45) is 1.74. The van der Waals surface area contributed by atoms with Crippen molar-refractivity contribution in [2.24, 2.45) is 5.41 Å². The molecule has 2 amide bonds. The monoisotopic (exact) mass is 313 g/mol. The van der Waals surface area contributed by atoms with Gasteiger partial charge < -0.3 is 15.5 Å². The average Bonchev–Trinajstić information content (AvgIpc) is 2.55. The van der Waals surface area contributed by atoms with E-state index in [1.165, 1.54) is 0 Å². The molecule has 2 heterocycles. The number of carbonyl (C=O) groups excluding carboxylic acids is 2. The van der Waals surface area contributed by atoms with Crippen molar-refractivity contribution < 1.29 is 9.59 Å². The second-order valence-corrected chi connectivity index (χ2v) is 8.09. The lowest BCUT2D eigenvalue weighted by atomic mass is 9.86. The maximum atomic E-state index is 12.8. The van der Waals surface area contributed by atoms with Crippen LogP contribution >= 0.6 is 11.8 Å². The van der Waals surface area contributed by atoms with E-state index in [1.807, 2.05) is 16.7 Å². The molecule has 2 N–H and O–H groups in total. The highest BCUT2D eigenvalue weighted by Crippen LogP contribution is 2.45. The third-order valence-corrected chi connectivity index (χ3v) is 6.22. The van der Waals surface area contributed by atoms with E-state index in [4.69, 9.17) is 0 Å². The summed E-state index contributed by atoms with van der Waals surface area (Å²) >= 11 is 1.85. The molecule has 2 aliphatic rings. The Hall–Kier alpha value is -0.750. The van der Waals surface area contributed by atoms with Crippen LogP contribution in [0.5, 0.6) is 0 Å². The van der Waals surface area contributed by atoms with Crippen molar-refractivity contribution in [3.63, 3.8) is 0 Å². The summed E-state index contributed by atoms with van der Waals surface area (Å²) < 4.78 is 0. The second-order valence-electron chi connectivity index (χ2n) is 6.80. The Balaban J connectivity index is 2.12. The molecule has 6 heteroatoms. The topological polar surface area (TPSA) is 61.4 Å². The van der Waals surface area contributed by atoms with Gasteiger partial charge in [-0.2, -0.15) is 0 Å². The van der Waals surface area contributed by atoms with Gasteiger partial charge in [-0.1, -0.05) is 13.8 Å². The smallest absolute Gasteiger partial charge is 0.246 e. The van der Waals surface area contributed by atoms with Crippen LogP contribution in [-0.2, 0) is 9.59 Å². The van der Waals surface area contributed by atoms with Crippen molar-refractivity contribution in [1.82, 2.24) is 15.5 Å². The van der Waals surface area contributed by atoms with E-state index in [9.17, 15) is 9.59 Å². The lowest BCUT2D eigenvalue weighted by Crippen LogP contribution is -2.54. The van der Waals surface area contributed by atoms with Crippen molar-refractivity contribution in [2.75, 3.05) is 12.8 Å². The fourth-order valence-electron chi connectivity index (χ4n) is 3.00. The zero-order chi connectivity index (χ0) is 15.8. The molecule has 0 radical (unpaired) electrons.